The minimum absolute atomic E-state index is 0.0322. The van der Waals surface area contributed by atoms with Crippen molar-refractivity contribution >= 4 is 5.97 Å². The number of rotatable bonds is 1. The van der Waals surface area contributed by atoms with Crippen LogP contribution in [0.3, 0.4) is 0 Å². The molecule has 0 radical (unpaired) electrons. The van der Waals surface area contributed by atoms with Gasteiger partial charge in [0, 0.05) is 6.92 Å². The first kappa shape index (κ1) is 11.0. The Balaban J connectivity index is 2.44. The van der Waals surface area contributed by atoms with Crippen molar-refractivity contribution in [2.45, 2.75) is 45.1 Å². The number of allylic oxidation sites excluding steroid dienone is 3. The van der Waals surface area contributed by atoms with Gasteiger partial charge in [0.05, 0.1) is 0 Å². The lowest BCUT2D eigenvalue weighted by Crippen LogP contribution is -2.13. The van der Waals surface area contributed by atoms with E-state index >= 15 is 0 Å². The standard InChI is InChI=1S/C12H18O2/c1-11(13)14-12-9-7-5-3-2-4-6-8-10-12/h3,5,8,10,12H,2,4,6-7,9H2,1H3/b5-3+,10-8+. The number of esters is 1. The molecule has 0 fully saturated rings. The van der Waals surface area contributed by atoms with E-state index in [1.165, 1.54) is 13.3 Å². The Bertz CT molecular complexity index is 228. The molecule has 2 heteroatoms. The Morgan fingerprint density at radius 3 is 2.71 bits per heavy atom. The highest BCUT2D eigenvalue weighted by Crippen LogP contribution is 2.10. The fourth-order valence-corrected chi connectivity index (χ4v) is 1.51. The summed E-state index contributed by atoms with van der Waals surface area (Å²) >= 11 is 0. The fourth-order valence-electron chi connectivity index (χ4n) is 1.51. The molecule has 0 aromatic heterocycles. The van der Waals surface area contributed by atoms with Gasteiger partial charge in [0.15, 0.2) is 0 Å². The van der Waals surface area contributed by atoms with E-state index in [0.717, 1.165) is 25.7 Å². The predicted molar refractivity (Wildman–Crippen MR) is 56.9 cm³/mol. The Kier molecular flexibility index (Phi) is 5.05. The van der Waals surface area contributed by atoms with Crippen molar-refractivity contribution in [3.8, 4) is 0 Å². The summed E-state index contributed by atoms with van der Waals surface area (Å²) in [5, 5.41) is 0. The van der Waals surface area contributed by atoms with Crippen molar-refractivity contribution in [3.05, 3.63) is 24.3 Å². The molecule has 1 rings (SSSR count). The van der Waals surface area contributed by atoms with Gasteiger partial charge < -0.3 is 4.74 Å². The first-order valence-corrected chi connectivity index (χ1v) is 5.28. The summed E-state index contributed by atoms with van der Waals surface area (Å²) in [7, 11) is 0. The summed E-state index contributed by atoms with van der Waals surface area (Å²) in [6.45, 7) is 1.46. The number of carbonyl (C=O) groups is 1. The second-order valence-electron chi connectivity index (χ2n) is 3.56. The third-order valence-electron chi connectivity index (χ3n) is 2.19. The molecule has 0 aromatic carbocycles. The van der Waals surface area contributed by atoms with Gasteiger partial charge in [0.25, 0.3) is 0 Å². The largest absolute Gasteiger partial charge is 0.458 e. The highest BCUT2D eigenvalue weighted by molar-refractivity contribution is 5.66. The monoisotopic (exact) mass is 194 g/mol. The highest BCUT2D eigenvalue weighted by atomic mass is 16.5. The summed E-state index contributed by atoms with van der Waals surface area (Å²) in [5.41, 5.74) is 0. The molecule has 0 saturated carbocycles. The van der Waals surface area contributed by atoms with Gasteiger partial charge in [0.1, 0.15) is 6.10 Å². The summed E-state index contributed by atoms with van der Waals surface area (Å²) in [4.78, 5) is 10.8. The lowest BCUT2D eigenvalue weighted by Gasteiger charge is -2.12. The zero-order valence-electron chi connectivity index (χ0n) is 8.74. The van der Waals surface area contributed by atoms with Crippen LogP contribution in [0.2, 0.25) is 0 Å². The smallest absolute Gasteiger partial charge is 0.303 e. The summed E-state index contributed by atoms with van der Waals surface area (Å²) in [6, 6.07) is 0. The topological polar surface area (TPSA) is 26.3 Å². The van der Waals surface area contributed by atoms with Crippen LogP contribution in [-0.4, -0.2) is 12.1 Å². The summed E-state index contributed by atoms with van der Waals surface area (Å²) in [5.74, 6) is -0.194. The van der Waals surface area contributed by atoms with Gasteiger partial charge in [-0.3, -0.25) is 4.79 Å². The quantitative estimate of drug-likeness (QED) is 0.474. The van der Waals surface area contributed by atoms with Crippen molar-refractivity contribution in [1.82, 2.24) is 0 Å². The maximum Gasteiger partial charge on any atom is 0.303 e. The van der Waals surface area contributed by atoms with Crippen LogP contribution in [-0.2, 0) is 9.53 Å². The van der Waals surface area contributed by atoms with Crippen molar-refractivity contribution in [2.24, 2.45) is 0 Å². The second kappa shape index (κ2) is 6.41. The Morgan fingerprint density at radius 2 is 1.93 bits per heavy atom. The van der Waals surface area contributed by atoms with E-state index in [1.807, 2.05) is 6.08 Å². The molecule has 0 N–H and O–H groups in total. The third kappa shape index (κ3) is 4.85. The van der Waals surface area contributed by atoms with Crippen LogP contribution >= 0.6 is 0 Å². The summed E-state index contributed by atoms with van der Waals surface area (Å²) in [6.07, 6.45) is 13.8. The van der Waals surface area contributed by atoms with E-state index in [9.17, 15) is 4.79 Å². The molecule has 1 aliphatic carbocycles. The molecule has 0 amide bonds. The van der Waals surface area contributed by atoms with Crippen molar-refractivity contribution in [3.63, 3.8) is 0 Å². The number of hydrogen-bond acceptors (Lipinski definition) is 2. The normalized spacial score (nSPS) is 27.6. The Morgan fingerprint density at radius 1 is 1.21 bits per heavy atom. The van der Waals surface area contributed by atoms with E-state index in [-0.39, 0.29) is 12.1 Å². The van der Waals surface area contributed by atoms with Crippen molar-refractivity contribution < 1.29 is 9.53 Å². The van der Waals surface area contributed by atoms with E-state index in [1.54, 1.807) is 0 Å². The minimum Gasteiger partial charge on any atom is -0.458 e. The van der Waals surface area contributed by atoms with E-state index < -0.39 is 0 Å². The molecule has 0 bridgehead atoms. The maximum atomic E-state index is 10.8. The molecular weight excluding hydrogens is 176 g/mol. The summed E-state index contributed by atoms with van der Waals surface area (Å²) < 4.78 is 5.16. The molecule has 0 aromatic rings. The number of carbonyl (C=O) groups excluding carboxylic acids is 1. The average Bonchev–Trinajstić information content (AvgIpc) is 2.15. The third-order valence-corrected chi connectivity index (χ3v) is 2.19. The fraction of sp³-hybridized carbons (Fsp3) is 0.583. The van der Waals surface area contributed by atoms with Gasteiger partial charge >= 0.3 is 5.97 Å². The lowest BCUT2D eigenvalue weighted by molar-refractivity contribution is -0.144. The van der Waals surface area contributed by atoms with Gasteiger partial charge in [-0.15, -0.1) is 0 Å². The van der Waals surface area contributed by atoms with Gasteiger partial charge in [-0.2, -0.15) is 0 Å². The van der Waals surface area contributed by atoms with E-state index in [2.05, 4.69) is 18.2 Å². The molecule has 2 nitrogen and oxygen atoms in total. The second-order valence-corrected chi connectivity index (χ2v) is 3.56. The first-order chi connectivity index (χ1) is 6.79. The zero-order chi connectivity index (χ0) is 10.2. The Labute approximate surface area is 85.6 Å². The lowest BCUT2D eigenvalue weighted by atomic mass is 10.1. The van der Waals surface area contributed by atoms with Gasteiger partial charge in [-0.05, 0) is 38.2 Å². The SMILES string of the molecule is CC(=O)OC1/C=C/CCC/C=C/CC1. The average molecular weight is 194 g/mol. The molecule has 1 unspecified atom stereocenters. The van der Waals surface area contributed by atoms with Crippen molar-refractivity contribution in [1.29, 1.82) is 0 Å². The highest BCUT2D eigenvalue weighted by Gasteiger charge is 2.06. The molecule has 78 valence electrons. The van der Waals surface area contributed by atoms with Gasteiger partial charge in [-0.25, -0.2) is 0 Å². The minimum atomic E-state index is -0.194. The molecule has 1 atom stereocenters. The van der Waals surface area contributed by atoms with Gasteiger partial charge in [-0.1, -0.05) is 18.2 Å². The maximum absolute atomic E-state index is 10.8. The van der Waals surface area contributed by atoms with Crippen LogP contribution in [0.5, 0.6) is 0 Å². The van der Waals surface area contributed by atoms with E-state index in [0.29, 0.717) is 0 Å². The molecule has 0 spiro atoms. The Hall–Kier alpha value is -1.05. The van der Waals surface area contributed by atoms with Gasteiger partial charge in [0.2, 0.25) is 0 Å². The number of ether oxygens (including phenoxy) is 1. The molecule has 14 heavy (non-hydrogen) atoms. The van der Waals surface area contributed by atoms with Crippen LogP contribution in [0, 0.1) is 0 Å². The molecular formula is C12H18O2. The van der Waals surface area contributed by atoms with Crippen LogP contribution in [0.1, 0.15) is 39.0 Å². The van der Waals surface area contributed by atoms with Crippen LogP contribution in [0.25, 0.3) is 0 Å². The van der Waals surface area contributed by atoms with Crippen molar-refractivity contribution in [2.75, 3.05) is 0 Å². The van der Waals surface area contributed by atoms with Crippen LogP contribution in [0.4, 0.5) is 0 Å². The first-order valence-electron chi connectivity index (χ1n) is 5.28. The molecule has 1 aliphatic rings. The van der Waals surface area contributed by atoms with Crippen LogP contribution < -0.4 is 0 Å². The molecule has 0 heterocycles. The van der Waals surface area contributed by atoms with Crippen LogP contribution in [0.15, 0.2) is 24.3 Å². The predicted octanol–water partition coefficient (Wildman–Crippen LogP) is 2.99. The number of hydrogen-bond donors (Lipinski definition) is 0. The van der Waals surface area contributed by atoms with E-state index in [4.69, 9.17) is 4.74 Å². The molecule has 0 saturated heterocycles. The zero-order valence-corrected chi connectivity index (χ0v) is 8.74. The molecule has 0 aliphatic heterocycles.